The van der Waals surface area contributed by atoms with E-state index >= 15 is 0 Å². The first kappa shape index (κ1) is 18.7. The SMILES string of the molecule is COc1ccc(-c2nc3c4cccc(C)c4nc(Nc4ccccnc4=O)n3n2)cc1. The highest BCUT2D eigenvalue weighted by Gasteiger charge is 2.16. The maximum atomic E-state index is 12.3. The summed E-state index contributed by atoms with van der Waals surface area (Å²) in [5.74, 6) is 1.68. The summed E-state index contributed by atoms with van der Waals surface area (Å²) < 4.78 is 6.86. The Balaban J connectivity index is 1.75. The summed E-state index contributed by atoms with van der Waals surface area (Å²) in [5, 5.41) is 8.64. The zero-order valence-electron chi connectivity index (χ0n) is 16.9. The molecule has 1 N–H and O–H groups in total. The van der Waals surface area contributed by atoms with Crippen molar-refractivity contribution in [2.75, 3.05) is 12.4 Å². The first-order valence-electron chi connectivity index (χ1n) is 9.67. The van der Waals surface area contributed by atoms with Gasteiger partial charge in [0.1, 0.15) is 11.4 Å². The van der Waals surface area contributed by atoms with E-state index in [0.717, 1.165) is 27.8 Å². The molecule has 8 heteroatoms. The van der Waals surface area contributed by atoms with Gasteiger partial charge >= 0.3 is 0 Å². The van der Waals surface area contributed by atoms with E-state index < -0.39 is 0 Å². The van der Waals surface area contributed by atoms with E-state index in [-0.39, 0.29) is 5.56 Å². The molecule has 152 valence electrons. The van der Waals surface area contributed by atoms with Crippen LogP contribution in [-0.4, -0.2) is 31.7 Å². The van der Waals surface area contributed by atoms with Crippen LogP contribution in [0.15, 0.2) is 71.7 Å². The Kier molecular flexibility index (Phi) is 4.51. The van der Waals surface area contributed by atoms with Crippen LogP contribution in [0.3, 0.4) is 0 Å². The largest absolute Gasteiger partial charge is 0.497 e. The van der Waals surface area contributed by atoms with Gasteiger partial charge in [-0.25, -0.2) is 15.0 Å². The van der Waals surface area contributed by atoms with Gasteiger partial charge in [-0.2, -0.15) is 4.52 Å². The molecule has 0 spiro atoms. The zero-order chi connectivity index (χ0) is 21.4. The quantitative estimate of drug-likeness (QED) is 0.482. The summed E-state index contributed by atoms with van der Waals surface area (Å²) in [6.45, 7) is 1.99. The van der Waals surface area contributed by atoms with Crippen molar-refractivity contribution >= 4 is 28.2 Å². The third-order valence-corrected chi connectivity index (χ3v) is 4.98. The molecule has 0 saturated heterocycles. The predicted octanol–water partition coefficient (Wildman–Crippen LogP) is 3.76. The van der Waals surface area contributed by atoms with Crippen LogP contribution in [-0.2, 0) is 0 Å². The summed E-state index contributed by atoms with van der Waals surface area (Å²) in [6, 6.07) is 18.5. The molecule has 0 aliphatic rings. The fourth-order valence-electron chi connectivity index (χ4n) is 3.39. The van der Waals surface area contributed by atoms with Crippen LogP contribution in [0.2, 0.25) is 0 Å². The fourth-order valence-corrected chi connectivity index (χ4v) is 3.39. The summed E-state index contributed by atoms with van der Waals surface area (Å²) in [6.07, 6.45) is 1.46. The van der Waals surface area contributed by atoms with Crippen molar-refractivity contribution in [1.29, 1.82) is 0 Å². The number of fused-ring (bicyclic) bond motifs is 3. The Morgan fingerprint density at radius 1 is 0.968 bits per heavy atom. The number of hydrogen-bond donors (Lipinski definition) is 1. The number of hydrogen-bond acceptors (Lipinski definition) is 7. The molecule has 5 aromatic rings. The molecular formula is C23H18N6O2. The third kappa shape index (κ3) is 3.33. The van der Waals surface area contributed by atoms with Gasteiger partial charge in [0.05, 0.1) is 12.6 Å². The maximum Gasteiger partial charge on any atom is 0.293 e. The second kappa shape index (κ2) is 7.49. The molecule has 0 bridgehead atoms. The van der Waals surface area contributed by atoms with Gasteiger partial charge in [-0.05, 0) is 55.0 Å². The molecule has 0 radical (unpaired) electrons. The minimum Gasteiger partial charge on any atom is -0.497 e. The minimum absolute atomic E-state index is 0.299. The predicted molar refractivity (Wildman–Crippen MR) is 119 cm³/mol. The lowest BCUT2D eigenvalue weighted by Crippen LogP contribution is -2.11. The lowest BCUT2D eigenvalue weighted by Gasteiger charge is -2.09. The molecule has 3 aromatic heterocycles. The van der Waals surface area contributed by atoms with Crippen molar-refractivity contribution < 1.29 is 4.74 Å². The number of nitrogens with zero attached hydrogens (tertiary/aromatic N) is 5. The fraction of sp³-hybridized carbons (Fsp3) is 0.0870. The number of aryl methyl sites for hydroxylation is 1. The Bertz CT molecular complexity index is 1480. The molecule has 0 saturated carbocycles. The maximum absolute atomic E-state index is 12.3. The highest BCUT2D eigenvalue weighted by atomic mass is 16.5. The van der Waals surface area contributed by atoms with Crippen molar-refractivity contribution in [2.24, 2.45) is 0 Å². The van der Waals surface area contributed by atoms with E-state index in [2.05, 4.69) is 15.4 Å². The molecule has 0 atom stereocenters. The van der Waals surface area contributed by atoms with Gasteiger partial charge in [-0.15, -0.1) is 5.10 Å². The second-order valence-corrected chi connectivity index (χ2v) is 6.98. The summed E-state index contributed by atoms with van der Waals surface area (Å²) in [5.41, 5.74) is 3.17. The van der Waals surface area contributed by atoms with E-state index in [9.17, 15) is 4.79 Å². The van der Waals surface area contributed by atoms with E-state index in [0.29, 0.717) is 23.1 Å². The van der Waals surface area contributed by atoms with E-state index in [1.165, 1.54) is 6.20 Å². The van der Waals surface area contributed by atoms with E-state index in [1.807, 2.05) is 49.4 Å². The molecule has 5 rings (SSSR count). The number of para-hydroxylation sites is 1. The number of benzene rings is 2. The van der Waals surface area contributed by atoms with Crippen LogP contribution in [0.5, 0.6) is 5.75 Å². The number of methoxy groups -OCH3 is 1. The first-order valence-corrected chi connectivity index (χ1v) is 9.67. The molecule has 2 aromatic carbocycles. The lowest BCUT2D eigenvalue weighted by molar-refractivity contribution is 0.415. The summed E-state index contributed by atoms with van der Waals surface area (Å²) in [4.78, 5) is 25.7. The Labute approximate surface area is 177 Å². The third-order valence-electron chi connectivity index (χ3n) is 4.98. The smallest absolute Gasteiger partial charge is 0.293 e. The van der Waals surface area contributed by atoms with E-state index in [4.69, 9.17) is 14.7 Å². The van der Waals surface area contributed by atoms with Gasteiger partial charge < -0.3 is 10.1 Å². The van der Waals surface area contributed by atoms with Crippen LogP contribution in [0.1, 0.15) is 5.56 Å². The van der Waals surface area contributed by atoms with Gasteiger partial charge in [0.15, 0.2) is 11.5 Å². The van der Waals surface area contributed by atoms with Crippen LogP contribution in [0, 0.1) is 6.92 Å². The molecule has 0 fully saturated rings. The van der Waals surface area contributed by atoms with Crippen LogP contribution >= 0.6 is 0 Å². The normalized spacial score (nSPS) is 11.0. The molecular weight excluding hydrogens is 392 g/mol. The number of nitrogens with one attached hydrogen (secondary N) is 1. The topological polar surface area (TPSA) is 94.3 Å². The van der Waals surface area contributed by atoms with Crippen LogP contribution < -0.4 is 15.6 Å². The summed E-state index contributed by atoms with van der Waals surface area (Å²) >= 11 is 0. The van der Waals surface area contributed by atoms with Crippen molar-refractivity contribution in [2.45, 2.75) is 6.92 Å². The second-order valence-electron chi connectivity index (χ2n) is 6.98. The number of ether oxygens (including phenoxy) is 1. The molecule has 3 heterocycles. The molecule has 0 aliphatic carbocycles. The van der Waals surface area contributed by atoms with Crippen LogP contribution in [0.25, 0.3) is 27.9 Å². The number of anilines is 2. The van der Waals surface area contributed by atoms with Gasteiger partial charge in [0.2, 0.25) is 5.95 Å². The van der Waals surface area contributed by atoms with Crippen molar-refractivity contribution in [3.63, 3.8) is 0 Å². The summed E-state index contributed by atoms with van der Waals surface area (Å²) in [7, 11) is 1.62. The average molecular weight is 410 g/mol. The minimum atomic E-state index is -0.389. The van der Waals surface area contributed by atoms with Gasteiger partial charge in [-0.3, -0.25) is 4.79 Å². The first-order chi connectivity index (χ1) is 15.1. The molecule has 0 amide bonds. The molecule has 31 heavy (non-hydrogen) atoms. The van der Waals surface area contributed by atoms with Gasteiger partial charge in [0.25, 0.3) is 5.56 Å². The van der Waals surface area contributed by atoms with E-state index in [1.54, 1.807) is 29.8 Å². The lowest BCUT2D eigenvalue weighted by atomic mass is 10.1. The molecule has 8 nitrogen and oxygen atoms in total. The molecule has 0 aliphatic heterocycles. The zero-order valence-corrected chi connectivity index (χ0v) is 16.9. The monoisotopic (exact) mass is 410 g/mol. The van der Waals surface area contributed by atoms with Crippen molar-refractivity contribution in [1.82, 2.24) is 24.6 Å². The Hall–Kier alpha value is -4.33. The standard InChI is InChI=1S/C23H18N6O2/c1-14-6-5-7-17-19(14)26-23(25-18-8-3-4-13-24-22(18)30)29-21(17)27-20(28-29)15-9-11-16(31-2)12-10-15/h3-13H,1-2H3,(H,24,25,26,30). The Morgan fingerprint density at radius 2 is 1.81 bits per heavy atom. The van der Waals surface area contributed by atoms with Crippen molar-refractivity contribution in [3.8, 4) is 17.1 Å². The van der Waals surface area contributed by atoms with Crippen molar-refractivity contribution in [3.05, 3.63) is 82.8 Å². The van der Waals surface area contributed by atoms with Gasteiger partial charge in [-0.1, -0.05) is 18.2 Å². The van der Waals surface area contributed by atoms with Gasteiger partial charge in [0, 0.05) is 17.1 Å². The number of rotatable bonds is 4. The molecule has 0 unspecified atom stereocenters. The highest BCUT2D eigenvalue weighted by Crippen LogP contribution is 2.27. The Morgan fingerprint density at radius 3 is 2.61 bits per heavy atom. The van der Waals surface area contributed by atoms with Crippen LogP contribution in [0.4, 0.5) is 11.6 Å². The number of aromatic nitrogens is 5. The highest BCUT2D eigenvalue weighted by molar-refractivity contribution is 5.95. The average Bonchev–Trinajstić information content (AvgIpc) is 3.15.